The lowest BCUT2D eigenvalue weighted by Gasteiger charge is -2.41. The molecule has 93 heavy (non-hydrogen) atoms. The maximum atomic E-state index is 13.5. The van der Waals surface area contributed by atoms with E-state index < -0.39 is 67.4 Å². The largest absolute Gasteiger partial charge is 0.454 e. The zero-order valence-electron chi connectivity index (χ0n) is 60.6. The van der Waals surface area contributed by atoms with E-state index >= 15 is 0 Å². The Hall–Kier alpha value is -2.90. The van der Waals surface area contributed by atoms with Gasteiger partial charge < -0.3 is 45.1 Å². The number of esters is 1. The van der Waals surface area contributed by atoms with Gasteiger partial charge in [-0.05, 0) is 96.3 Å². The second-order valence-corrected chi connectivity index (χ2v) is 27.4. The van der Waals surface area contributed by atoms with Gasteiger partial charge in [0.05, 0.1) is 25.4 Å². The Kier molecular flexibility index (Phi) is 65.4. The summed E-state index contributed by atoms with van der Waals surface area (Å²) in [5, 5.41) is 57.5. The predicted octanol–water partition coefficient (Wildman–Crippen LogP) is 21.4. The molecular formula is C82H149NO10. The number of nitrogens with one attached hydrogen (secondary N) is 1. The van der Waals surface area contributed by atoms with Crippen LogP contribution in [0.25, 0.3) is 0 Å². The fourth-order valence-corrected chi connectivity index (χ4v) is 12.3. The summed E-state index contributed by atoms with van der Waals surface area (Å²) < 4.78 is 17.8. The molecule has 0 saturated carbocycles. The number of rotatable bonds is 69. The van der Waals surface area contributed by atoms with E-state index in [2.05, 4.69) is 86.8 Å². The van der Waals surface area contributed by atoms with Crippen LogP contribution in [0.4, 0.5) is 0 Å². The van der Waals surface area contributed by atoms with Gasteiger partial charge in [-0.2, -0.15) is 0 Å². The molecule has 0 bridgehead atoms. The molecule has 1 amide bonds. The first kappa shape index (κ1) is 88.1. The third kappa shape index (κ3) is 55.8. The molecule has 542 valence electrons. The molecule has 0 aromatic rings. The van der Waals surface area contributed by atoms with E-state index in [1.54, 1.807) is 6.08 Å². The zero-order chi connectivity index (χ0) is 67.4. The number of unbranched alkanes of at least 4 members (excludes halogenated alkanes) is 45. The quantitative estimate of drug-likeness (QED) is 0.0195. The van der Waals surface area contributed by atoms with Crippen LogP contribution in [0.1, 0.15) is 374 Å². The third-order valence-electron chi connectivity index (χ3n) is 18.6. The summed E-state index contributed by atoms with van der Waals surface area (Å²) in [4.78, 5) is 26.8. The molecule has 1 fully saturated rings. The maximum absolute atomic E-state index is 13.5. The van der Waals surface area contributed by atoms with Crippen LogP contribution < -0.4 is 5.32 Å². The lowest BCUT2D eigenvalue weighted by atomic mass is 9.99. The van der Waals surface area contributed by atoms with Gasteiger partial charge in [-0.3, -0.25) is 9.59 Å². The smallest absolute Gasteiger partial charge is 0.306 e. The highest BCUT2D eigenvalue weighted by Crippen LogP contribution is 2.27. The van der Waals surface area contributed by atoms with Crippen LogP contribution in [0.2, 0.25) is 0 Å². The monoisotopic (exact) mass is 1310 g/mol. The van der Waals surface area contributed by atoms with E-state index in [-0.39, 0.29) is 13.0 Å². The molecule has 1 saturated heterocycles. The van der Waals surface area contributed by atoms with E-state index in [0.717, 1.165) is 77.0 Å². The van der Waals surface area contributed by atoms with Crippen LogP contribution in [0.15, 0.2) is 72.9 Å². The standard InChI is InChI=1S/C82H149NO10/c1-4-7-10-13-16-19-22-25-27-29-31-33-35-37-39-40-42-44-46-48-51-54-57-60-63-66-69-75(86)81(90)83-73(74(85)68-65-62-59-56-53-50-24-21-18-15-12-9-6-3)72-91-82-80(79(89)78(88)76(71-84)92-82)93-77(87)70-67-64-61-58-55-52-49-47-45-43-41-38-36-34-32-30-28-26-23-20-17-14-11-8-5-2/h16-17,19-20,25-28,32,34,65,68,73-76,78-80,82,84-86,88-89H,4-15,18,21-24,29-31,33,35-64,66-67,69-72H2,1-3H3,(H,83,90)/b19-16-,20-17-,27-25-,28-26-,34-32-,68-65+. The van der Waals surface area contributed by atoms with Gasteiger partial charge >= 0.3 is 5.97 Å². The molecule has 1 rings (SSSR count). The van der Waals surface area contributed by atoms with Crippen LogP contribution in [0, 0.1) is 0 Å². The van der Waals surface area contributed by atoms with Crippen molar-refractivity contribution >= 4 is 11.9 Å². The van der Waals surface area contributed by atoms with E-state index in [1.807, 2.05) is 6.08 Å². The molecule has 0 aromatic carbocycles. The van der Waals surface area contributed by atoms with Crippen molar-refractivity contribution in [1.82, 2.24) is 5.32 Å². The van der Waals surface area contributed by atoms with Gasteiger partial charge in [-0.15, -0.1) is 0 Å². The highest BCUT2D eigenvalue weighted by molar-refractivity contribution is 5.80. The average Bonchev–Trinajstić information content (AvgIpc) is 0.843. The second kappa shape index (κ2) is 69.0. The summed E-state index contributed by atoms with van der Waals surface area (Å²) in [6, 6.07) is -1.03. The Labute approximate surface area is 572 Å². The number of carbonyl (C=O) groups is 2. The first-order chi connectivity index (χ1) is 45.7. The van der Waals surface area contributed by atoms with Crippen LogP contribution in [-0.2, 0) is 23.8 Å². The Balaban J connectivity index is 2.51. The molecule has 0 aliphatic carbocycles. The van der Waals surface area contributed by atoms with Crippen molar-refractivity contribution in [2.45, 2.75) is 423 Å². The van der Waals surface area contributed by atoms with Gasteiger partial charge in [0.25, 0.3) is 0 Å². The molecule has 1 aliphatic rings. The summed E-state index contributed by atoms with van der Waals surface area (Å²) in [6.45, 7) is 5.80. The van der Waals surface area contributed by atoms with E-state index in [1.165, 1.54) is 250 Å². The molecule has 11 heteroatoms. The summed E-state index contributed by atoms with van der Waals surface area (Å²) in [7, 11) is 0. The minimum atomic E-state index is -1.62. The maximum Gasteiger partial charge on any atom is 0.306 e. The van der Waals surface area contributed by atoms with E-state index in [4.69, 9.17) is 14.2 Å². The van der Waals surface area contributed by atoms with Gasteiger partial charge in [0.2, 0.25) is 5.91 Å². The lowest BCUT2D eigenvalue weighted by molar-refractivity contribution is -0.305. The van der Waals surface area contributed by atoms with Crippen LogP contribution in [0.5, 0.6) is 0 Å². The molecule has 1 aliphatic heterocycles. The Morgan fingerprint density at radius 3 is 1.13 bits per heavy atom. The van der Waals surface area contributed by atoms with E-state index in [9.17, 15) is 35.1 Å². The zero-order valence-corrected chi connectivity index (χ0v) is 60.6. The first-order valence-electron chi connectivity index (χ1n) is 39.7. The van der Waals surface area contributed by atoms with Gasteiger partial charge in [0.15, 0.2) is 12.4 Å². The molecule has 8 atom stereocenters. The van der Waals surface area contributed by atoms with Crippen molar-refractivity contribution in [2.75, 3.05) is 13.2 Å². The summed E-state index contributed by atoms with van der Waals surface area (Å²) in [6.07, 6.45) is 80.9. The van der Waals surface area contributed by atoms with Crippen LogP contribution in [0.3, 0.4) is 0 Å². The van der Waals surface area contributed by atoms with Gasteiger partial charge in [-0.25, -0.2) is 0 Å². The highest BCUT2D eigenvalue weighted by Gasteiger charge is 2.47. The summed E-state index contributed by atoms with van der Waals surface area (Å²) in [5.74, 6) is -1.18. The molecule has 6 N–H and O–H groups in total. The second-order valence-electron chi connectivity index (χ2n) is 27.4. The first-order valence-corrected chi connectivity index (χ1v) is 39.7. The highest BCUT2D eigenvalue weighted by atomic mass is 16.7. The number of carbonyl (C=O) groups excluding carboxylic acids is 2. The molecule has 0 spiro atoms. The van der Waals surface area contributed by atoms with Crippen LogP contribution >= 0.6 is 0 Å². The number of amides is 1. The van der Waals surface area contributed by atoms with Gasteiger partial charge in [0.1, 0.15) is 24.4 Å². The van der Waals surface area contributed by atoms with Crippen molar-refractivity contribution in [3.8, 4) is 0 Å². The molecule has 0 radical (unpaired) electrons. The Bertz CT molecular complexity index is 1800. The average molecular weight is 1310 g/mol. The fourth-order valence-electron chi connectivity index (χ4n) is 12.3. The molecular weight excluding hydrogens is 1160 g/mol. The van der Waals surface area contributed by atoms with Gasteiger partial charge in [0, 0.05) is 6.42 Å². The normalized spacial score (nSPS) is 18.2. The SMILES string of the molecule is CCCCC/C=C\C/C=C\C/C=C\CCCCCCCCCCCCCCC(=O)OC1C(OCC(NC(=O)C(O)CCCCCCCCCCCCCCCCCC/C=C\C/C=C\CCCCC)C(O)/C=C/CCCCCCCCCCCCC)OC(CO)C(O)C1O. The molecule has 8 unspecified atom stereocenters. The Morgan fingerprint density at radius 2 is 0.742 bits per heavy atom. The number of hydrogen-bond acceptors (Lipinski definition) is 10. The number of ether oxygens (including phenoxy) is 3. The van der Waals surface area contributed by atoms with Crippen molar-refractivity contribution in [2.24, 2.45) is 0 Å². The third-order valence-corrected chi connectivity index (χ3v) is 18.6. The molecule has 1 heterocycles. The number of aliphatic hydroxyl groups excluding tert-OH is 5. The molecule has 11 nitrogen and oxygen atoms in total. The number of hydrogen-bond donors (Lipinski definition) is 6. The van der Waals surface area contributed by atoms with Gasteiger partial charge in [-0.1, -0.05) is 344 Å². The van der Waals surface area contributed by atoms with Crippen molar-refractivity contribution in [3.05, 3.63) is 72.9 Å². The fraction of sp³-hybridized carbons (Fsp3) is 0.829. The minimum Gasteiger partial charge on any atom is -0.454 e. The van der Waals surface area contributed by atoms with E-state index in [0.29, 0.717) is 19.3 Å². The summed E-state index contributed by atoms with van der Waals surface area (Å²) >= 11 is 0. The predicted molar refractivity (Wildman–Crippen MR) is 393 cm³/mol. The minimum absolute atomic E-state index is 0.121. The van der Waals surface area contributed by atoms with Crippen molar-refractivity contribution in [1.29, 1.82) is 0 Å². The number of allylic oxidation sites excluding steroid dienone is 11. The molecule has 0 aromatic heterocycles. The lowest BCUT2D eigenvalue weighted by Crippen LogP contribution is -2.61. The van der Waals surface area contributed by atoms with Crippen molar-refractivity contribution in [3.63, 3.8) is 0 Å². The topological polar surface area (TPSA) is 175 Å². The summed E-state index contributed by atoms with van der Waals surface area (Å²) in [5.41, 5.74) is 0. The Morgan fingerprint density at radius 1 is 0.419 bits per heavy atom. The van der Waals surface area contributed by atoms with Crippen molar-refractivity contribution < 1.29 is 49.3 Å². The number of aliphatic hydroxyl groups is 5. The van der Waals surface area contributed by atoms with Crippen LogP contribution in [-0.4, -0.2) is 99.6 Å².